The number of aliphatic carboxylic acids is 1. The zero-order chi connectivity index (χ0) is 9.75. The molecule has 0 saturated heterocycles. The van der Waals surface area contributed by atoms with Crippen molar-refractivity contribution in [3.05, 3.63) is 0 Å². The molecule has 2 aliphatic rings. The summed E-state index contributed by atoms with van der Waals surface area (Å²) >= 11 is 0. The van der Waals surface area contributed by atoms with E-state index in [1.54, 1.807) is 0 Å². The van der Waals surface area contributed by atoms with Gasteiger partial charge in [0, 0.05) is 11.8 Å². The molecular formula is C10H14O3. The molecule has 0 aromatic heterocycles. The molecule has 0 spiro atoms. The minimum Gasteiger partial charge on any atom is -0.481 e. The molecule has 2 aliphatic carbocycles. The van der Waals surface area contributed by atoms with E-state index < -0.39 is 11.9 Å². The molecule has 3 nitrogen and oxygen atoms in total. The molecule has 2 rings (SSSR count). The summed E-state index contributed by atoms with van der Waals surface area (Å²) in [4.78, 5) is 22.5. The zero-order valence-corrected chi connectivity index (χ0v) is 7.86. The van der Waals surface area contributed by atoms with E-state index in [1.165, 1.54) is 0 Å². The fourth-order valence-electron chi connectivity index (χ4n) is 3.19. The van der Waals surface area contributed by atoms with Gasteiger partial charge in [-0.25, -0.2) is 0 Å². The fourth-order valence-corrected chi connectivity index (χ4v) is 3.19. The van der Waals surface area contributed by atoms with E-state index in [-0.39, 0.29) is 23.5 Å². The highest BCUT2D eigenvalue weighted by atomic mass is 16.4. The number of carboxylic acid groups (broad SMARTS) is 1. The van der Waals surface area contributed by atoms with Gasteiger partial charge in [0.2, 0.25) is 0 Å². The van der Waals surface area contributed by atoms with Crippen LogP contribution in [0.15, 0.2) is 0 Å². The van der Waals surface area contributed by atoms with Crippen molar-refractivity contribution in [1.29, 1.82) is 0 Å². The number of hydrogen-bond donors (Lipinski definition) is 1. The summed E-state index contributed by atoms with van der Waals surface area (Å²) in [5.74, 6) is -0.624. The Morgan fingerprint density at radius 2 is 2.08 bits per heavy atom. The molecule has 0 radical (unpaired) electrons. The summed E-state index contributed by atoms with van der Waals surface area (Å²) < 4.78 is 0. The van der Waals surface area contributed by atoms with Crippen LogP contribution in [-0.4, -0.2) is 16.9 Å². The highest BCUT2D eigenvalue weighted by Crippen LogP contribution is 2.52. The van der Waals surface area contributed by atoms with Crippen molar-refractivity contribution >= 4 is 11.8 Å². The van der Waals surface area contributed by atoms with Gasteiger partial charge < -0.3 is 5.11 Å². The molecule has 0 aromatic rings. The molecule has 0 aliphatic heterocycles. The van der Waals surface area contributed by atoms with Crippen molar-refractivity contribution in [2.45, 2.75) is 20.3 Å². The monoisotopic (exact) mass is 182 g/mol. The van der Waals surface area contributed by atoms with Crippen LogP contribution < -0.4 is 0 Å². The first-order chi connectivity index (χ1) is 6.04. The molecular weight excluding hydrogens is 168 g/mol. The van der Waals surface area contributed by atoms with Gasteiger partial charge in [-0.3, -0.25) is 9.59 Å². The minimum atomic E-state index is -0.791. The Hall–Kier alpha value is -0.860. The van der Waals surface area contributed by atoms with Crippen LogP contribution in [0.25, 0.3) is 0 Å². The van der Waals surface area contributed by atoms with Gasteiger partial charge in [-0.2, -0.15) is 0 Å². The van der Waals surface area contributed by atoms with E-state index in [2.05, 4.69) is 0 Å². The lowest BCUT2D eigenvalue weighted by molar-refractivity contribution is -0.149. The molecule has 2 saturated carbocycles. The number of carbonyl (C=O) groups excluding carboxylic acids is 1. The first-order valence-electron chi connectivity index (χ1n) is 4.80. The summed E-state index contributed by atoms with van der Waals surface area (Å²) in [7, 11) is 0. The van der Waals surface area contributed by atoms with Gasteiger partial charge in [0.1, 0.15) is 5.78 Å². The van der Waals surface area contributed by atoms with E-state index >= 15 is 0 Å². The fraction of sp³-hybridized carbons (Fsp3) is 0.800. The number of carboxylic acids is 1. The van der Waals surface area contributed by atoms with Gasteiger partial charge in [0.25, 0.3) is 0 Å². The molecule has 1 N–H and O–H groups in total. The van der Waals surface area contributed by atoms with E-state index in [4.69, 9.17) is 5.11 Å². The minimum absolute atomic E-state index is 0.0931. The van der Waals surface area contributed by atoms with Gasteiger partial charge in [0.15, 0.2) is 0 Å². The topological polar surface area (TPSA) is 54.4 Å². The highest BCUT2D eigenvalue weighted by molar-refractivity contribution is 5.91. The number of fused-ring (bicyclic) bond motifs is 2. The maximum absolute atomic E-state index is 11.6. The Kier molecular flexibility index (Phi) is 1.72. The smallest absolute Gasteiger partial charge is 0.307 e. The number of hydrogen-bond acceptors (Lipinski definition) is 2. The van der Waals surface area contributed by atoms with Gasteiger partial charge in [0.05, 0.1) is 5.92 Å². The van der Waals surface area contributed by atoms with Gasteiger partial charge in [-0.15, -0.1) is 0 Å². The normalized spacial score (nSPS) is 48.5. The van der Waals surface area contributed by atoms with E-state index in [9.17, 15) is 9.59 Å². The van der Waals surface area contributed by atoms with Crippen LogP contribution in [0.2, 0.25) is 0 Å². The molecule has 5 atom stereocenters. The summed E-state index contributed by atoms with van der Waals surface area (Å²) in [6.07, 6.45) is 0.804. The first-order valence-corrected chi connectivity index (χ1v) is 4.80. The quantitative estimate of drug-likeness (QED) is 0.662. The standard InChI is InChI=1S/C10H14O3/c1-4-6-3-7(8(4)10(12)13)9(11)5(6)2/h4-8H,3H2,1-2H3,(H,12,13). The molecule has 0 amide bonds. The average Bonchev–Trinajstić information content (AvgIpc) is 2.50. The second kappa shape index (κ2) is 2.56. The lowest BCUT2D eigenvalue weighted by Gasteiger charge is -2.28. The predicted molar refractivity (Wildman–Crippen MR) is 46.1 cm³/mol. The van der Waals surface area contributed by atoms with Crippen molar-refractivity contribution in [1.82, 2.24) is 0 Å². The van der Waals surface area contributed by atoms with Crippen molar-refractivity contribution in [3.8, 4) is 0 Å². The summed E-state index contributed by atoms with van der Waals surface area (Å²) in [6.45, 7) is 3.90. The lowest BCUT2D eigenvalue weighted by Crippen LogP contribution is -2.36. The van der Waals surface area contributed by atoms with Crippen LogP contribution in [0.3, 0.4) is 0 Å². The van der Waals surface area contributed by atoms with Crippen LogP contribution in [0.5, 0.6) is 0 Å². The van der Waals surface area contributed by atoms with Crippen molar-refractivity contribution in [2.24, 2.45) is 29.6 Å². The SMILES string of the molecule is CC1C(=O)C2CC1C(C)C2C(=O)O. The maximum atomic E-state index is 11.6. The van der Waals surface area contributed by atoms with Gasteiger partial charge in [-0.05, 0) is 18.3 Å². The Labute approximate surface area is 77.1 Å². The van der Waals surface area contributed by atoms with Crippen molar-refractivity contribution < 1.29 is 14.7 Å². The Morgan fingerprint density at radius 3 is 2.54 bits per heavy atom. The zero-order valence-electron chi connectivity index (χ0n) is 7.86. The molecule has 72 valence electrons. The van der Waals surface area contributed by atoms with Gasteiger partial charge >= 0.3 is 5.97 Å². The van der Waals surface area contributed by atoms with Crippen LogP contribution >= 0.6 is 0 Å². The van der Waals surface area contributed by atoms with Crippen LogP contribution in [-0.2, 0) is 9.59 Å². The van der Waals surface area contributed by atoms with Crippen LogP contribution in [0.1, 0.15) is 20.3 Å². The van der Waals surface area contributed by atoms with Crippen LogP contribution in [0, 0.1) is 29.6 Å². The van der Waals surface area contributed by atoms with Crippen LogP contribution in [0.4, 0.5) is 0 Å². The van der Waals surface area contributed by atoms with Crippen molar-refractivity contribution in [3.63, 3.8) is 0 Å². The molecule has 0 aromatic carbocycles. The Bertz CT molecular complexity index is 271. The Balaban J connectivity index is 2.29. The van der Waals surface area contributed by atoms with Gasteiger partial charge in [-0.1, -0.05) is 13.8 Å². The third-order valence-electron chi connectivity index (χ3n) is 3.94. The third-order valence-corrected chi connectivity index (χ3v) is 3.94. The summed E-state index contributed by atoms with van der Waals surface area (Å²) in [6, 6.07) is 0. The van der Waals surface area contributed by atoms with E-state index in [1.807, 2.05) is 13.8 Å². The highest BCUT2D eigenvalue weighted by Gasteiger charge is 2.56. The molecule has 5 unspecified atom stereocenters. The first kappa shape index (κ1) is 8.73. The van der Waals surface area contributed by atoms with Crippen molar-refractivity contribution in [2.75, 3.05) is 0 Å². The number of ketones is 1. The molecule has 0 heterocycles. The predicted octanol–water partition coefficient (Wildman–Crippen LogP) is 1.18. The summed E-state index contributed by atoms with van der Waals surface area (Å²) in [5, 5.41) is 8.96. The summed E-state index contributed by atoms with van der Waals surface area (Å²) in [5.41, 5.74) is 0. The number of carbonyl (C=O) groups is 2. The maximum Gasteiger partial charge on any atom is 0.307 e. The molecule has 13 heavy (non-hydrogen) atoms. The lowest BCUT2D eigenvalue weighted by atomic mass is 9.75. The largest absolute Gasteiger partial charge is 0.481 e. The Morgan fingerprint density at radius 1 is 1.46 bits per heavy atom. The third kappa shape index (κ3) is 0.960. The second-order valence-corrected chi connectivity index (χ2v) is 4.42. The molecule has 3 heteroatoms. The molecule has 2 bridgehead atoms. The number of Topliss-reactive ketones (excluding diaryl/α,β-unsaturated/α-hetero) is 1. The average molecular weight is 182 g/mol. The van der Waals surface area contributed by atoms with E-state index in [0.29, 0.717) is 5.92 Å². The van der Waals surface area contributed by atoms with E-state index in [0.717, 1.165) is 6.42 Å². The number of rotatable bonds is 1. The molecule has 2 fully saturated rings. The second-order valence-electron chi connectivity index (χ2n) is 4.42.